The monoisotopic (exact) mass is 484 g/mol. The molecule has 0 aliphatic heterocycles. The van der Waals surface area contributed by atoms with Crippen molar-refractivity contribution in [3.05, 3.63) is 65.4 Å². The number of aromatic nitrogens is 3. The summed E-state index contributed by atoms with van der Waals surface area (Å²) in [5, 5.41) is 9.26. The number of nitrogens with zero attached hydrogens (tertiary/aromatic N) is 3. The number of thiazole rings is 1. The number of hydrogen-bond acceptors (Lipinski definition) is 7. The number of hydrogen-bond donors (Lipinski definition) is 3. The predicted molar refractivity (Wildman–Crippen MR) is 140 cm³/mol. The fraction of sp³-hybridized carbons (Fsp3) is 0.192. The molecule has 4 rings (SSSR count). The van der Waals surface area contributed by atoms with Crippen LogP contribution >= 0.6 is 11.3 Å². The lowest BCUT2D eigenvalue weighted by molar-refractivity contribution is -0.114. The van der Waals surface area contributed by atoms with Gasteiger partial charge in [-0.05, 0) is 56.2 Å². The van der Waals surface area contributed by atoms with Gasteiger partial charge in [-0.1, -0.05) is 35.5 Å². The fourth-order valence-corrected chi connectivity index (χ4v) is 4.15. The largest absolute Gasteiger partial charge is 0.324 e. The standard InChI is InChI=1S/C26H24N6O2S/c1-6-26(4,5)18-9-7-8-17(12-18)22(34)29-19-11-10-15(2)20(13-19)30-24-27-14-21-23(32-24)35-25(31-21)28-16(3)33/h1,7-14H,2-5H3,(H,29,34)(H,27,30,32)(H,28,31,33). The van der Waals surface area contributed by atoms with Crippen molar-refractivity contribution in [3.63, 3.8) is 0 Å². The number of aryl methyl sites for hydroxylation is 1. The highest BCUT2D eigenvalue weighted by atomic mass is 32.1. The predicted octanol–water partition coefficient (Wildman–Crippen LogP) is 5.26. The first-order valence-corrected chi connectivity index (χ1v) is 11.6. The van der Waals surface area contributed by atoms with E-state index in [0.29, 0.717) is 32.7 Å². The summed E-state index contributed by atoms with van der Waals surface area (Å²) < 4.78 is 0. The Morgan fingerprint density at radius 1 is 1.09 bits per heavy atom. The molecule has 9 heteroatoms. The molecule has 3 N–H and O–H groups in total. The Morgan fingerprint density at radius 2 is 1.89 bits per heavy atom. The maximum atomic E-state index is 12.9. The van der Waals surface area contributed by atoms with Gasteiger partial charge in [0.15, 0.2) is 9.96 Å². The van der Waals surface area contributed by atoms with Gasteiger partial charge < -0.3 is 16.0 Å². The van der Waals surface area contributed by atoms with Crippen LogP contribution in [0, 0.1) is 19.3 Å². The molecule has 0 atom stereocenters. The van der Waals surface area contributed by atoms with E-state index in [1.807, 2.05) is 57.2 Å². The van der Waals surface area contributed by atoms with Gasteiger partial charge in [0, 0.05) is 23.9 Å². The number of benzene rings is 2. The van der Waals surface area contributed by atoms with Crippen molar-refractivity contribution in [1.29, 1.82) is 0 Å². The molecule has 176 valence electrons. The van der Waals surface area contributed by atoms with Gasteiger partial charge in [-0.15, -0.1) is 6.42 Å². The summed E-state index contributed by atoms with van der Waals surface area (Å²) in [6.07, 6.45) is 7.24. The van der Waals surface area contributed by atoms with Crippen molar-refractivity contribution in [2.45, 2.75) is 33.1 Å². The first-order chi connectivity index (χ1) is 16.6. The van der Waals surface area contributed by atoms with E-state index in [-0.39, 0.29) is 11.8 Å². The van der Waals surface area contributed by atoms with Crippen LogP contribution in [0.5, 0.6) is 0 Å². The minimum absolute atomic E-state index is 0.198. The summed E-state index contributed by atoms with van der Waals surface area (Å²) in [7, 11) is 0. The molecule has 8 nitrogen and oxygen atoms in total. The van der Waals surface area contributed by atoms with Gasteiger partial charge in [0.05, 0.1) is 11.6 Å². The zero-order chi connectivity index (χ0) is 25.2. The second kappa shape index (κ2) is 9.52. The topological polar surface area (TPSA) is 109 Å². The van der Waals surface area contributed by atoms with Crippen molar-refractivity contribution < 1.29 is 9.59 Å². The first kappa shape index (κ1) is 23.9. The van der Waals surface area contributed by atoms with Crippen molar-refractivity contribution in [2.75, 3.05) is 16.0 Å². The van der Waals surface area contributed by atoms with Crippen LogP contribution in [0.4, 0.5) is 22.5 Å². The molecule has 2 aromatic carbocycles. The molecule has 0 radical (unpaired) electrons. The third kappa shape index (κ3) is 5.45. The van der Waals surface area contributed by atoms with Crippen molar-refractivity contribution in [1.82, 2.24) is 15.0 Å². The molecule has 0 aliphatic carbocycles. The van der Waals surface area contributed by atoms with Crippen LogP contribution in [0.2, 0.25) is 0 Å². The minimum atomic E-state index is -0.473. The summed E-state index contributed by atoms with van der Waals surface area (Å²) in [5.41, 5.74) is 3.86. The number of fused-ring (bicyclic) bond motifs is 1. The number of terminal acetylenes is 1. The lowest BCUT2D eigenvalue weighted by Gasteiger charge is -2.18. The van der Waals surface area contributed by atoms with E-state index in [2.05, 4.69) is 36.8 Å². The van der Waals surface area contributed by atoms with Gasteiger partial charge in [0.2, 0.25) is 11.9 Å². The minimum Gasteiger partial charge on any atom is -0.324 e. The van der Waals surface area contributed by atoms with Gasteiger partial charge in [0.1, 0.15) is 5.52 Å². The Morgan fingerprint density at radius 3 is 2.63 bits per heavy atom. The average molecular weight is 485 g/mol. The van der Waals surface area contributed by atoms with Gasteiger partial charge in [0.25, 0.3) is 5.91 Å². The highest BCUT2D eigenvalue weighted by Crippen LogP contribution is 2.28. The van der Waals surface area contributed by atoms with Crippen LogP contribution in [0.1, 0.15) is 42.3 Å². The van der Waals surface area contributed by atoms with Gasteiger partial charge in [-0.25, -0.2) is 9.97 Å². The molecule has 0 fully saturated rings. The second-order valence-corrected chi connectivity index (χ2v) is 9.52. The maximum absolute atomic E-state index is 12.9. The molecular weight excluding hydrogens is 460 g/mol. The number of nitrogens with one attached hydrogen (secondary N) is 3. The fourth-order valence-electron chi connectivity index (χ4n) is 3.29. The molecule has 2 aromatic heterocycles. The summed E-state index contributed by atoms with van der Waals surface area (Å²) in [6, 6.07) is 12.9. The van der Waals surface area contributed by atoms with E-state index in [9.17, 15) is 9.59 Å². The average Bonchev–Trinajstić information content (AvgIpc) is 3.22. The summed E-state index contributed by atoms with van der Waals surface area (Å²) >= 11 is 1.26. The Hall–Kier alpha value is -4.29. The zero-order valence-corrected chi connectivity index (χ0v) is 20.6. The third-order valence-electron chi connectivity index (χ3n) is 5.38. The summed E-state index contributed by atoms with van der Waals surface area (Å²) in [4.78, 5) is 38.0. The molecule has 0 spiro atoms. The number of rotatable bonds is 6. The quantitative estimate of drug-likeness (QED) is 0.322. The van der Waals surface area contributed by atoms with E-state index in [0.717, 1.165) is 16.8 Å². The molecule has 4 aromatic rings. The van der Waals surface area contributed by atoms with Crippen molar-refractivity contribution >= 4 is 56.0 Å². The van der Waals surface area contributed by atoms with Gasteiger partial charge in [-0.2, -0.15) is 4.98 Å². The Bertz CT molecular complexity index is 1480. The molecule has 0 saturated carbocycles. The zero-order valence-electron chi connectivity index (χ0n) is 19.8. The molecule has 0 unspecified atom stereocenters. The molecular formula is C26H24N6O2S. The van der Waals surface area contributed by atoms with Crippen molar-refractivity contribution in [3.8, 4) is 12.3 Å². The van der Waals surface area contributed by atoms with E-state index in [1.54, 1.807) is 12.3 Å². The van der Waals surface area contributed by atoms with Crippen LogP contribution in [-0.2, 0) is 10.2 Å². The number of anilines is 4. The van der Waals surface area contributed by atoms with E-state index >= 15 is 0 Å². The van der Waals surface area contributed by atoms with E-state index in [4.69, 9.17) is 6.42 Å². The van der Waals surface area contributed by atoms with Gasteiger partial charge in [-0.3, -0.25) is 9.59 Å². The lowest BCUT2D eigenvalue weighted by Crippen LogP contribution is -2.17. The van der Waals surface area contributed by atoms with Crippen molar-refractivity contribution in [2.24, 2.45) is 0 Å². The molecule has 2 heterocycles. The third-order valence-corrected chi connectivity index (χ3v) is 6.26. The number of carbonyl (C=O) groups is 2. The van der Waals surface area contributed by atoms with E-state index in [1.165, 1.54) is 18.3 Å². The second-order valence-electron chi connectivity index (χ2n) is 8.54. The lowest BCUT2D eigenvalue weighted by atomic mass is 9.85. The Balaban J connectivity index is 1.53. The van der Waals surface area contributed by atoms with E-state index < -0.39 is 5.41 Å². The van der Waals surface area contributed by atoms with Crippen LogP contribution < -0.4 is 16.0 Å². The smallest absolute Gasteiger partial charge is 0.255 e. The van der Waals surface area contributed by atoms with Crippen LogP contribution in [-0.4, -0.2) is 26.8 Å². The first-order valence-electron chi connectivity index (χ1n) is 10.8. The number of carbonyl (C=O) groups excluding carboxylic acids is 2. The SMILES string of the molecule is C#CC(C)(C)c1cccc(C(=O)Nc2ccc(C)c(Nc3ncc4nc(NC(C)=O)sc4n3)c2)c1. The normalized spacial score (nSPS) is 11.1. The van der Waals surface area contributed by atoms with Crippen LogP contribution in [0.3, 0.4) is 0 Å². The van der Waals surface area contributed by atoms with Gasteiger partial charge >= 0.3 is 0 Å². The number of amides is 2. The Kier molecular flexibility index (Phi) is 6.49. The highest BCUT2D eigenvalue weighted by molar-refractivity contribution is 7.21. The molecule has 0 bridgehead atoms. The van der Waals surface area contributed by atoms with Crippen LogP contribution in [0.15, 0.2) is 48.7 Å². The molecule has 35 heavy (non-hydrogen) atoms. The van der Waals surface area contributed by atoms with Crippen LogP contribution in [0.25, 0.3) is 10.3 Å². The maximum Gasteiger partial charge on any atom is 0.255 e. The molecule has 2 amide bonds. The molecule has 0 aliphatic rings. The molecule has 0 saturated heterocycles. The summed E-state index contributed by atoms with van der Waals surface area (Å²) in [6.45, 7) is 7.25. The summed E-state index contributed by atoms with van der Waals surface area (Å²) in [5.74, 6) is 2.71. The Labute approximate surface area is 207 Å². The highest BCUT2D eigenvalue weighted by Gasteiger charge is 2.19.